The summed E-state index contributed by atoms with van der Waals surface area (Å²) in [7, 11) is 0. The summed E-state index contributed by atoms with van der Waals surface area (Å²) in [6, 6.07) is 9.24. The number of hydrogen-bond donors (Lipinski definition) is 3. The molecule has 6 heteroatoms. The van der Waals surface area contributed by atoms with Crippen LogP contribution in [0, 0.1) is 6.92 Å². The van der Waals surface area contributed by atoms with Gasteiger partial charge in [-0.3, -0.25) is 4.79 Å². The number of hydrogen-bond acceptors (Lipinski definition) is 5. The highest BCUT2D eigenvalue weighted by Crippen LogP contribution is 2.41. The molecule has 0 saturated heterocycles. The van der Waals surface area contributed by atoms with Crippen LogP contribution in [0.3, 0.4) is 0 Å². The molecule has 1 aliphatic rings. The summed E-state index contributed by atoms with van der Waals surface area (Å²) in [5, 5.41) is 21.8. The summed E-state index contributed by atoms with van der Waals surface area (Å²) >= 11 is 0. The number of aliphatic hydroxyl groups is 1. The maximum Gasteiger partial charge on any atom is 0.311 e. The first-order chi connectivity index (χ1) is 10.6. The van der Waals surface area contributed by atoms with Gasteiger partial charge in [0.2, 0.25) is 0 Å². The molecule has 3 rings (SSSR count). The lowest BCUT2D eigenvalue weighted by molar-refractivity contribution is -0.138. The summed E-state index contributed by atoms with van der Waals surface area (Å²) in [5.74, 6) is -0.369. The highest BCUT2D eigenvalue weighted by Gasteiger charge is 2.35. The highest BCUT2D eigenvalue weighted by molar-refractivity contribution is 5.78. The van der Waals surface area contributed by atoms with Crippen LogP contribution in [-0.4, -0.2) is 26.2 Å². The van der Waals surface area contributed by atoms with Crippen LogP contribution in [0.15, 0.2) is 30.3 Å². The predicted molar refractivity (Wildman–Crippen MR) is 80.5 cm³/mol. The third-order valence-corrected chi connectivity index (χ3v) is 3.88. The lowest BCUT2D eigenvalue weighted by Crippen LogP contribution is -2.12. The Morgan fingerprint density at radius 1 is 1.32 bits per heavy atom. The quantitative estimate of drug-likeness (QED) is 0.799. The van der Waals surface area contributed by atoms with Gasteiger partial charge in [-0.05, 0) is 24.5 Å². The fraction of sp³-hybridized carbons (Fsp3) is 0.312. The Hall–Kier alpha value is -2.47. The largest absolute Gasteiger partial charge is 0.481 e. The normalized spacial score (nSPS) is 19.7. The molecule has 1 heterocycles. The van der Waals surface area contributed by atoms with Crippen LogP contribution in [0.4, 0.5) is 5.82 Å². The van der Waals surface area contributed by atoms with Gasteiger partial charge in [0.1, 0.15) is 12.4 Å². The molecular weight excluding hydrogens is 282 g/mol. The van der Waals surface area contributed by atoms with Gasteiger partial charge in [0.15, 0.2) is 5.82 Å². The maximum absolute atomic E-state index is 11.4. The fourth-order valence-corrected chi connectivity index (χ4v) is 2.96. The third-order valence-electron chi connectivity index (χ3n) is 3.88. The Labute approximate surface area is 127 Å². The fourth-order valence-electron chi connectivity index (χ4n) is 2.96. The molecule has 0 amide bonds. The van der Waals surface area contributed by atoms with Crippen molar-refractivity contribution < 1.29 is 15.0 Å². The molecule has 0 saturated carbocycles. The van der Waals surface area contributed by atoms with Gasteiger partial charge < -0.3 is 15.5 Å². The smallest absolute Gasteiger partial charge is 0.311 e. The molecular formula is C16H17N3O3. The van der Waals surface area contributed by atoms with Gasteiger partial charge in [0.05, 0.1) is 12.0 Å². The van der Waals surface area contributed by atoms with E-state index in [2.05, 4.69) is 15.3 Å². The topological polar surface area (TPSA) is 95.3 Å². The number of rotatable bonds is 4. The summed E-state index contributed by atoms with van der Waals surface area (Å²) in [6.07, 6.45) is 0.478. The molecule has 1 aliphatic carbocycles. The lowest BCUT2D eigenvalue weighted by Gasteiger charge is -2.15. The van der Waals surface area contributed by atoms with E-state index < -0.39 is 11.9 Å². The summed E-state index contributed by atoms with van der Waals surface area (Å²) in [6.45, 7) is 1.60. The minimum atomic E-state index is -0.813. The Morgan fingerprint density at radius 3 is 2.73 bits per heavy atom. The van der Waals surface area contributed by atoms with Crippen molar-refractivity contribution >= 4 is 11.8 Å². The van der Waals surface area contributed by atoms with Crippen LogP contribution >= 0.6 is 0 Å². The molecule has 2 atom stereocenters. The molecule has 0 fully saturated rings. The second-order valence-electron chi connectivity index (χ2n) is 5.42. The first kappa shape index (κ1) is 14.5. The molecule has 6 nitrogen and oxygen atoms in total. The zero-order valence-electron chi connectivity index (χ0n) is 12.2. The number of anilines is 1. The van der Waals surface area contributed by atoms with Crippen LogP contribution in [0.1, 0.15) is 41.0 Å². The summed E-state index contributed by atoms with van der Waals surface area (Å²) in [4.78, 5) is 19.8. The van der Waals surface area contributed by atoms with E-state index in [1.165, 1.54) is 0 Å². The van der Waals surface area contributed by atoms with Crippen molar-refractivity contribution in [2.24, 2.45) is 0 Å². The van der Waals surface area contributed by atoms with Crippen molar-refractivity contribution in [1.82, 2.24) is 9.97 Å². The van der Waals surface area contributed by atoms with Crippen LogP contribution in [0.2, 0.25) is 0 Å². The first-order valence-corrected chi connectivity index (χ1v) is 7.12. The van der Waals surface area contributed by atoms with Crippen molar-refractivity contribution in [3.8, 4) is 0 Å². The number of nitrogens with one attached hydrogen (secondary N) is 1. The van der Waals surface area contributed by atoms with Gasteiger partial charge in [-0.15, -0.1) is 0 Å². The summed E-state index contributed by atoms with van der Waals surface area (Å²) in [5.41, 5.74) is 2.58. The number of aliphatic hydroxyl groups excluding tert-OH is 1. The molecule has 2 aromatic rings. The molecule has 0 spiro atoms. The Morgan fingerprint density at radius 2 is 2.05 bits per heavy atom. The zero-order chi connectivity index (χ0) is 15.7. The molecule has 3 N–H and O–H groups in total. The van der Waals surface area contributed by atoms with Gasteiger partial charge in [0, 0.05) is 11.8 Å². The molecule has 114 valence electrons. The van der Waals surface area contributed by atoms with Crippen LogP contribution in [0.5, 0.6) is 0 Å². The minimum absolute atomic E-state index is 0.113. The van der Waals surface area contributed by atoms with Crippen LogP contribution in [0.25, 0.3) is 0 Å². The average Bonchev–Trinajstić information content (AvgIpc) is 2.86. The molecule has 2 unspecified atom stereocenters. The van der Waals surface area contributed by atoms with Gasteiger partial charge in [-0.2, -0.15) is 0 Å². The minimum Gasteiger partial charge on any atom is -0.481 e. The summed E-state index contributed by atoms with van der Waals surface area (Å²) < 4.78 is 0. The monoisotopic (exact) mass is 299 g/mol. The highest BCUT2D eigenvalue weighted by atomic mass is 16.4. The number of nitrogens with zero attached hydrogens (tertiary/aromatic N) is 2. The van der Waals surface area contributed by atoms with Crippen molar-refractivity contribution in [2.45, 2.75) is 31.9 Å². The van der Waals surface area contributed by atoms with E-state index in [0.717, 1.165) is 16.8 Å². The number of aliphatic carboxylic acids is 1. The first-order valence-electron chi connectivity index (χ1n) is 7.12. The number of aryl methyl sites for hydroxylation is 1. The molecule has 1 aromatic carbocycles. The second-order valence-corrected chi connectivity index (χ2v) is 5.42. The number of carbonyl (C=O) groups is 1. The van der Waals surface area contributed by atoms with E-state index in [9.17, 15) is 15.0 Å². The molecule has 0 aliphatic heterocycles. The molecule has 22 heavy (non-hydrogen) atoms. The van der Waals surface area contributed by atoms with Crippen molar-refractivity contribution in [1.29, 1.82) is 0 Å². The van der Waals surface area contributed by atoms with Gasteiger partial charge in [-0.25, -0.2) is 9.97 Å². The van der Waals surface area contributed by atoms with Crippen LogP contribution in [-0.2, 0) is 11.4 Å². The number of carboxylic acid groups (broad SMARTS) is 1. The van der Waals surface area contributed by atoms with E-state index in [0.29, 0.717) is 18.1 Å². The number of carboxylic acids is 1. The third kappa shape index (κ3) is 2.65. The number of aromatic nitrogens is 2. The van der Waals surface area contributed by atoms with Crippen molar-refractivity contribution in [3.05, 3.63) is 53.0 Å². The van der Waals surface area contributed by atoms with Gasteiger partial charge in [0.25, 0.3) is 0 Å². The van der Waals surface area contributed by atoms with E-state index in [-0.39, 0.29) is 12.6 Å². The number of fused-ring (bicyclic) bond motifs is 1. The van der Waals surface area contributed by atoms with E-state index in [1.807, 2.05) is 31.2 Å². The second kappa shape index (κ2) is 5.73. The molecule has 0 radical (unpaired) electrons. The van der Waals surface area contributed by atoms with Crippen LogP contribution < -0.4 is 5.32 Å². The Balaban J connectivity index is 1.91. The Kier molecular flexibility index (Phi) is 3.77. The van der Waals surface area contributed by atoms with Crippen molar-refractivity contribution in [3.63, 3.8) is 0 Å². The number of benzene rings is 1. The Bertz CT molecular complexity index is 718. The SMILES string of the molecule is Cc1cc(NC2CC(C(=O)O)c3ccccc32)nc(CO)n1. The zero-order valence-corrected chi connectivity index (χ0v) is 12.2. The van der Waals surface area contributed by atoms with Gasteiger partial charge in [-0.1, -0.05) is 24.3 Å². The van der Waals surface area contributed by atoms with Crippen molar-refractivity contribution in [2.75, 3.05) is 5.32 Å². The van der Waals surface area contributed by atoms with E-state index >= 15 is 0 Å². The molecule has 1 aromatic heterocycles. The van der Waals surface area contributed by atoms with E-state index in [4.69, 9.17) is 0 Å². The standard InChI is InChI=1S/C16H17N3O3/c1-9-6-14(19-15(8-20)17-9)18-13-7-12(16(21)22)10-4-2-3-5-11(10)13/h2-6,12-13,20H,7-8H2,1H3,(H,21,22)(H,17,18,19). The molecule has 0 bridgehead atoms. The predicted octanol–water partition coefficient (Wildman–Crippen LogP) is 2.00. The lowest BCUT2D eigenvalue weighted by atomic mass is 10.0. The maximum atomic E-state index is 11.4. The van der Waals surface area contributed by atoms with E-state index in [1.54, 1.807) is 6.07 Å². The average molecular weight is 299 g/mol. The van der Waals surface area contributed by atoms with Gasteiger partial charge >= 0.3 is 5.97 Å².